The molecule has 0 aliphatic carbocycles. The lowest BCUT2D eigenvalue weighted by Gasteiger charge is -2.24. The number of carbonyl (C=O) groups is 4. The van der Waals surface area contributed by atoms with Crippen molar-refractivity contribution >= 4 is 57.6 Å². The number of anilines is 2. The third-order valence-electron chi connectivity index (χ3n) is 9.46. The second-order valence-electron chi connectivity index (χ2n) is 12.8. The summed E-state index contributed by atoms with van der Waals surface area (Å²) >= 11 is 6.85. The molecule has 1 unspecified atom stereocenters. The van der Waals surface area contributed by atoms with E-state index in [1.54, 1.807) is 34.2 Å². The highest BCUT2D eigenvalue weighted by molar-refractivity contribution is 6.38. The van der Waals surface area contributed by atoms with Gasteiger partial charge < -0.3 is 25.4 Å². The van der Waals surface area contributed by atoms with Gasteiger partial charge in [-0.1, -0.05) is 84.4 Å². The van der Waals surface area contributed by atoms with E-state index in [-0.39, 0.29) is 36.5 Å². The third-order valence-corrected chi connectivity index (χ3v) is 9.85. The van der Waals surface area contributed by atoms with Crippen molar-refractivity contribution in [3.8, 4) is 11.3 Å². The summed E-state index contributed by atoms with van der Waals surface area (Å²) in [6.45, 7) is 1.11. The molecule has 2 aliphatic rings. The molecule has 0 radical (unpaired) electrons. The summed E-state index contributed by atoms with van der Waals surface area (Å²) in [7, 11) is 0. The maximum atomic E-state index is 13.3. The molecule has 50 heavy (non-hydrogen) atoms. The van der Waals surface area contributed by atoms with Crippen LogP contribution in [-0.4, -0.2) is 68.6 Å². The van der Waals surface area contributed by atoms with E-state index in [2.05, 4.69) is 20.6 Å². The van der Waals surface area contributed by atoms with Gasteiger partial charge in [-0.25, -0.2) is 4.98 Å². The number of benzene rings is 3. The average molecular weight is 689 g/mol. The highest BCUT2D eigenvalue weighted by atomic mass is 35.5. The van der Waals surface area contributed by atoms with Crippen LogP contribution in [0.15, 0.2) is 97.2 Å². The van der Waals surface area contributed by atoms with Crippen molar-refractivity contribution < 1.29 is 19.2 Å². The quantitative estimate of drug-likeness (QED) is 0.169. The molecule has 3 aromatic carbocycles. The number of aromatic amines is 1. The van der Waals surface area contributed by atoms with Crippen LogP contribution in [0.5, 0.6) is 0 Å². The molecule has 10 nitrogen and oxygen atoms in total. The Morgan fingerprint density at radius 1 is 0.740 bits per heavy atom. The van der Waals surface area contributed by atoms with E-state index >= 15 is 0 Å². The van der Waals surface area contributed by atoms with E-state index in [4.69, 9.17) is 11.6 Å². The Morgan fingerprint density at radius 3 is 1.84 bits per heavy atom. The average Bonchev–Trinajstić information content (AvgIpc) is 3.89. The molecule has 254 valence electrons. The van der Waals surface area contributed by atoms with Gasteiger partial charge in [0.05, 0.1) is 35.3 Å². The highest BCUT2D eigenvalue weighted by Crippen LogP contribution is 2.36. The number of pyridine rings is 1. The highest BCUT2D eigenvalue weighted by Gasteiger charge is 2.35. The van der Waals surface area contributed by atoms with Crippen LogP contribution >= 0.6 is 11.6 Å². The van der Waals surface area contributed by atoms with Gasteiger partial charge in [0.1, 0.15) is 17.9 Å². The molecule has 2 aromatic heterocycles. The number of nitrogens with one attached hydrogen (secondary N) is 3. The molecule has 2 saturated heterocycles. The van der Waals surface area contributed by atoms with Crippen LogP contribution in [0.1, 0.15) is 36.8 Å². The van der Waals surface area contributed by atoms with Gasteiger partial charge in [-0.05, 0) is 60.6 Å². The first-order valence-corrected chi connectivity index (χ1v) is 17.3. The van der Waals surface area contributed by atoms with E-state index in [1.807, 2.05) is 72.8 Å². The Bertz CT molecular complexity index is 2030. The second-order valence-corrected chi connectivity index (χ2v) is 13.2. The van der Waals surface area contributed by atoms with E-state index in [9.17, 15) is 19.2 Å². The molecule has 2 fully saturated rings. The zero-order valence-electron chi connectivity index (χ0n) is 27.4. The molecule has 2 aliphatic heterocycles. The number of carbonyl (C=O) groups excluding carboxylic acids is 4. The Labute approximate surface area is 294 Å². The SMILES string of the molecule is O=C(Nc1cc2c(Cl)c(-c3ccc(NC(=O)[C@@H]4CCCN4C(=O)Cc4ccccc4)cc3)[nH]c2cn1)C1CCCN1C(=O)Cc1ccccc1. The normalized spacial score (nSPS) is 17.2. The second kappa shape index (κ2) is 14.6. The fraction of sp³-hybridized carbons (Fsp3) is 0.256. The molecule has 3 N–H and O–H groups in total. The van der Waals surface area contributed by atoms with Crippen molar-refractivity contribution in [2.45, 2.75) is 50.6 Å². The standard InChI is InChI=1S/C39H37ClN6O4/c40-36-29-23-33(44-39(50)32-14-8-20-46(32)35(48)22-26-11-5-2-6-12-26)41-24-30(29)43-37(36)27-15-17-28(18-16-27)42-38(49)31-13-7-19-45(31)34(47)21-25-9-3-1-4-10-25/h1-6,9-12,15-18,23-24,31-32,43H,7-8,13-14,19-22H2,(H,42,49)(H,41,44,50)/t31-,32?/m0/s1. The van der Waals surface area contributed by atoms with Crippen molar-refractivity contribution in [3.63, 3.8) is 0 Å². The van der Waals surface area contributed by atoms with E-state index < -0.39 is 12.1 Å². The minimum atomic E-state index is -0.563. The van der Waals surface area contributed by atoms with E-state index in [1.165, 1.54) is 0 Å². The first-order valence-electron chi connectivity index (χ1n) is 16.9. The lowest BCUT2D eigenvalue weighted by Crippen LogP contribution is -2.43. The summed E-state index contributed by atoms with van der Waals surface area (Å²) in [5.41, 5.74) is 4.62. The van der Waals surface area contributed by atoms with Crippen molar-refractivity contribution in [3.05, 3.63) is 113 Å². The monoisotopic (exact) mass is 688 g/mol. The van der Waals surface area contributed by atoms with Gasteiger partial charge in [0.15, 0.2) is 0 Å². The number of fused-ring (bicyclic) bond motifs is 1. The van der Waals surface area contributed by atoms with Crippen LogP contribution in [0.3, 0.4) is 0 Å². The molecule has 0 spiro atoms. The van der Waals surface area contributed by atoms with E-state index in [0.29, 0.717) is 59.1 Å². The maximum absolute atomic E-state index is 13.3. The number of hydrogen-bond donors (Lipinski definition) is 3. The molecule has 7 rings (SSSR count). The van der Waals surface area contributed by atoms with Gasteiger partial charge in [-0.15, -0.1) is 0 Å². The Hall–Kier alpha value is -5.48. The van der Waals surface area contributed by atoms with Gasteiger partial charge in [0.2, 0.25) is 23.6 Å². The van der Waals surface area contributed by atoms with Crippen LogP contribution in [0.4, 0.5) is 11.5 Å². The van der Waals surface area contributed by atoms with Crippen LogP contribution < -0.4 is 10.6 Å². The minimum Gasteiger partial charge on any atom is -0.352 e. The lowest BCUT2D eigenvalue weighted by molar-refractivity contribution is -0.136. The lowest BCUT2D eigenvalue weighted by atomic mass is 10.1. The Balaban J connectivity index is 0.991. The number of nitrogens with zero attached hydrogens (tertiary/aromatic N) is 3. The first kappa shape index (κ1) is 33.0. The van der Waals surface area contributed by atoms with Gasteiger partial charge in [0.25, 0.3) is 0 Å². The number of H-pyrrole nitrogens is 1. The fourth-order valence-electron chi connectivity index (χ4n) is 6.90. The summed E-state index contributed by atoms with van der Waals surface area (Å²) in [5.74, 6) is -0.262. The number of likely N-dealkylation sites (tertiary alicyclic amines) is 2. The van der Waals surface area contributed by atoms with Gasteiger partial charge >= 0.3 is 0 Å². The van der Waals surface area contributed by atoms with Crippen molar-refractivity contribution in [2.24, 2.45) is 0 Å². The molecule has 4 heterocycles. The van der Waals surface area contributed by atoms with Crippen molar-refractivity contribution in [2.75, 3.05) is 23.7 Å². The maximum Gasteiger partial charge on any atom is 0.248 e. The predicted molar refractivity (Wildman–Crippen MR) is 194 cm³/mol. The van der Waals surface area contributed by atoms with Crippen LogP contribution in [-0.2, 0) is 32.0 Å². The number of amides is 4. The molecule has 0 bridgehead atoms. The van der Waals surface area contributed by atoms with Gasteiger partial charge in [-0.3, -0.25) is 19.2 Å². The topological polar surface area (TPSA) is 128 Å². The predicted octanol–water partition coefficient (Wildman–Crippen LogP) is 6.23. The minimum absolute atomic E-state index is 0.0516. The van der Waals surface area contributed by atoms with E-state index in [0.717, 1.165) is 29.5 Å². The number of halogens is 1. The zero-order valence-corrected chi connectivity index (χ0v) is 28.2. The molecule has 2 atom stereocenters. The molecule has 11 heteroatoms. The Kier molecular flexibility index (Phi) is 9.62. The molecule has 0 saturated carbocycles. The van der Waals surface area contributed by atoms with Crippen LogP contribution in [0.2, 0.25) is 5.02 Å². The largest absolute Gasteiger partial charge is 0.352 e. The zero-order chi connectivity index (χ0) is 34.6. The Morgan fingerprint density at radius 2 is 1.28 bits per heavy atom. The fourth-order valence-corrected chi connectivity index (χ4v) is 7.22. The molecular weight excluding hydrogens is 652 g/mol. The number of rotatable bonds is 9. The third kappa shape index (κ3) is 7.11. The summed E-state index contributed by atoms with van der Waals surface area (Å²) in [6, 6.07) is 27.0. The number of aromatic nitrogens is 2. The summed E-state index contributed by atoms with van der Waals surface area (Å²) in [6.07, 6.45) is 4.89. The number of hydrogen-bond acceptors (Lipinski definition) is 5. The van der Waals surface area contributed by atoms with Gasteiger partial charge in [-0.2, -0.15) is 0 Å². The van der Waals surface area contributed by atoms with Crippen LogP contribution in [0.25, 0.3) is 22.2 Å². The van der Waals surface area contributed by atoms with Gasteiger partial charge in [0, 0.05) is 24.2 Å². The first-order chi connectivity index (χ1) is 24.3. The summed E-state index contributed by atoms with van der Waals surface area (Å²) in [4.78, 5) is 63.7. The van der Waals surface area contributed by atoms with Crippen molar-refractivity contribution in [1.29, 1.82) is 0 Å². The summed E-state index contributed by atoms with van der Waals surface area (Å²) < 4.78 is 0. The van der Waals surface area contributed by atoms with Crippen molar-refractivity contribution in [1.82, 2.24) is 19.8 Å². The molecule has 4 amide bonds. The summed E-state index contributed by atoms with van der Waals surface area (Å²) in [5, 5.41) is 7.02. The molecular formula is C39H37ClN6O4. The van der Waals surface area contributed by atoms with Crippen LogP contribution in [0, 0.1) is 0 Å². The smallest absolute Gasteiger partial charge is 0.248 e. The molecule has 5 aromatic rings.